The number of hydrogen-bond donors (Lipinski definition) is 1. The molecule has 1 aliphatic carbocycles. The number of carbonyl (C=O) groups is 1. The van der Waals surface area contributed by atoms with E-state index in [1.807, 2.05) is 43.0 Å². The first-order chi connectivity index (χ1) is 16.9. The van der Waals surface area contributed by atoms with Crippen molar-refractivity contribution in [3.63, 3.8) is 0 Å². The smallest absolute Gasteiger partial charge is 0.318 e. The SMILES string of the molecule is C[C@H](NC(=O)N1CCN(c2ncnc3c2C=C(c2ccc(Cl)cc2)C3)C[C@H]1C)c1ccc(F)cc1. The summed E-state index contributed by atoms with van der Waals surface area (Å²) >= 11 is 6.05. The quantitative estimate of drug-likeness (QED) is 0.534. The number of allylic oxidation sites excluding steroid dienone is 1. The Morgan fingerprint density at radius 2 is 1.86 bits per heavy atom. The maximum Gasteiger partial charge on any atom is 0.318 e. The first-order valence-corrected chi connectivity index (χ1v) is 12.1. The Hall–Kier alpha value is -3.45. The summed E-state index contributed by atoms with van der Waals surface area (Å²) in [5, 5.41) is 3.76. The number of amides is 2. The fraction of sp³-hybridized carbons (Fsp3) is 0.296. The van der Waals surface area contributed by atoms with E-state index >= 15 is 0 Å². The van der Waals surface area contributed by atoms with Crippen molar-refractivity contribution in [2.45, 2.75) is 32.4 Å². The lowest BCUT2D eigenvalue weighted by Gasteiger charge is -2.41. The second-order valence-electron chi connectivity index (χ2n) is 9.12. The van der Waals surface area contributed by atoms with Crippen LogP contribution in [0.3, 0.4) is 0 Å². The molecule has 0 spiro atoms. The summed E-state index contributed by atoms with van der Waals surface area (Å²) in [5.74, 6) is 0.619. The first-order valence-electron chi connectivity index (χ1n) is 11.8. The number of rotatable bonds is 4. The average molecular weight is 492 g/mol. The lowest BCUT2D eigenvalue weighted by molar-refractivity contribution is 0.168. The molecule has 0 saturated carbocycles. The number of aromatic nitrogens is 2. The first kappa shape index (κ1) is 23.3. The number of nitrogens with one attached hydrogen (secondary N) is 1. The van der Waals surface area contributed by atoms with Crippen LogP contribution < -0.4 is 10.2 Å². The van der Waals surface area contributed by atoms with Crippen LogP contribution in [0.25, 0.3) is 11.6 Å². The molecule has 0 radical (unpaired) electrons. The normalized spacial score (nSPS) is 18.2. The molecule has 1 N–H and O–H groups in total. The highest BCUT2D eigenvalue weighted by Crippen LogP contribution is 2.35. The zero-order chi connectivity index (χ0) is 24.5. The molecule has 35 heavy (non-hydrogen) atoms. The monoisotopic (exact) mass is 491 g/mol. The number of halogens is 2. The molecule has 1 fully saturated rings. The molecule has 3 aromatic rings. The van der Waals surface area contributed by atoms with E-state index in [1.165, 1.54) is 17.7 Å². The van der Waals surface area contributed by atoms with Gasteiger partial charge in [-0.2, -0.15) is 0 Å². The largest absolute Gasteiger partial charge is 0.352 e. The van der Waals surface area contributed by atoms with E-state index in [4.69, 9.17) is 11.6 Å². The Kier molecular flexibility index (Phi) is 6.43. The predicted molar refractivity (Wildman–Crippen MR) is 137 cm³/mol. The van der Waals surface area contributed by atoms with Gasteiger partial charge in [0.2, 0.25) is 0 Å². The van der Waals surface area contributed by atoms with Gasteiger partial charge < -0.3 is 15.1 Å². The third kappa shape index (κ3) is 4.86. The molecule has 1 saturated heterocycles. The van der Waals surface area contributed by atoms with E-state index in [0.717, 1.165) is 34.6 Å². The van der Waals surface area contributed by atoms with E-state index in [9.17, 15) is 9.18 Å². The summed E-state index contributed by atoms with van der Waals surface area (Å²) in [6.45, 7) is 5.88. The van der Waals surface area contributed by atoms with Crippen molar-refractivity contribution in [2.24, 2.45) is 0 Å². The van der Waals surface area contributed by atoms with Crippen molar-refractivity contribution >= 4 is 35.1 Å². The van der Waals surface area contributed by atoms with Gasteiger partial charge in [-0.25, -0.2) is 19.2 Å². The fourth-order valence-corrected chi connectivity index (χ4v) is 4.90. The summed E-state index contributed by atoms with van der Waals surface area (Å²) in [7, 11) is 0. The number of fused-ring (bicyclic) bond motifs is 1. The summed E-state index contributed by atoms with van der Waals surface area (Å²) in [5.41, 5.74) is 5.25. The Bertz CT molecular complexity index is 1260. The second kappa shape index (κ2) is 9.66. The summed E-state index contributed by atoms with van der Waals surface area (Å²) < 4.78 is 13.2. The van der Waals surface area contributed by atoms with E-state index < -0.39 is 0 Å². The van der Waals surface area contributed by atoms with E-state index in [1.54, 1.807) is 18.5 Å². The van der Waals surface area contributed by atoms with Crippen LogP contribution in [-0.4, -0.2) is 46.6 Å². The maximum absolute atomic E-state index is 13.2. The van der Waals surface area contributed by atoms with E-state index in [-0.39, 0.29) is 23.9 Å². The molecule has 1 aliphatic heterocycles. The number of piperazine rings is 1. The van der Waals surface area contributed by atoms with Gasteiger partial charge in [0, 0.05) is 42.7 Å². The number of carbonyl (C=O) groups excluding carboxylic acids is 1. The van der Waals surface area contributed by atoms with Gasteiger partial charge in [0.25, 0.3) is 0 Å². The summed E-state index contributed by atoms with van der Waals surface area (Å²) in [6.07, 6.45) is 4.55. The van der Waals surface area contributed by atoms with Crippen molar-refractivity contribution in [1.29, 1.82) is 0 Å². The molecule has 2 aromatic carbocycles. The van der Waals surface area contributed by atoms with Gasteiger partial charge in [-0.1, -0.05) is 35.9 Å². The zero-order valence-electron chi connectivity index (χ0n) is 19.7. The summed E-state index contributed by atoms with van der Waals surface area (Å²) in [6, 6.07) is 13.7. The lowest BCUT2D eigenvalue weighted by atomic mass is 10.1. The van der Waals surface area contributed by atoms with Crippen LogP contribution in [0, 0.1) is 5.82 Å². The van der Waals surface area contributed by atoms with Crippen molar-refractivity contribution in [2.75, 3.05) is 24.5 Å². The second-order valence-corrected chi connectivity index (χ2v) is 9.56. The average Bonchev–Trinajstić information content (AvgIpc) is 3.29. The van der Waals surface area contributed by atoms with Crippen molar-refractivity contribution in [3.8, 4) is 0 Å². The van der Waals surface area contributed by atoms with Gasteiger partial charge >= 0.3 is 6.03 Å². The fourth-order valence-electron chi connectivity index (χ4n) is 4.77. The lowest BCUT2D eigenvalue weighted by Crippen LogP contribution is -2.57. The number of benzene rings is 2. The molecule has 2 atom stereocenters. The van der Waals surface area contributed by atoms with E-state index in [0.29, 0.717) is 24.7 Å². The van der Waals surface area contributed by atoms with Gasteiger partial charge in [-0.05, 0) is 60.9 Å². The number of anilines is 1. The zero-order valence-corrected chi connectivity index (χ0v) is 20.5. The minimum absolute atomic E-state index is 0.00380. The Balaban J connectivity index is 1.27. The van der Waals surface area contributed by atoms with Crippen LogP contribution in [0.1, 0.15) is 42.3 Å². The highest BCUT2D eigenvalue weighted by molar-refractivity contribution is 6.30. The Morgan fingerprint density at radius 3 is 2.57 bits per heavy atom. The molecule has 0 unspecified atom stereocenters. The third-order valence-electron chi connectivity index (χ3n) is 6.73. The molecule has 0 bridgehead atoms. The molecule has 180 valence electrons. The van der Waals surface area contributed by atoms with E-state index in [2.05, 4.69) is 26.3 Å². The molecule has 8 heteroatoms. The Morgan fingerprint density at radius 1 is 1.11 bits per heavy atom. The standard InChI is InChI=1S/C27H27ClFN5O/c1-17-15-33(11-12-34(17)27(35)32-18(2)19-5-9-23(29)10-6-19)26-24-13-21(14-25(24)30-16-31-26)20-3-7-22(28)8-4-20/h3-10,13,16-18H,11-12,14-15H2,1-2H3,(H,32,35)/t17-,18+/m1/s1. The van der Waals surface area contributed by atoms with Crippen LogP contribution in [0.2, 0.25) is 5.02 Å². The van der Waals surface area contributed by atoms with Gasteiger partial charge in [0.15, 0.2) is 0 Å². The molecule has 2 heterocycles. The topological polar surface area (TPSA) is 61.4 Å². The van der Waals surface area contributed by atoms with Gasteiger partial charge in [0.1, 0.15) is 18.0 Å². The predicted octanol–water partition coefficient (Wildman–Crippen LogP) is 5.35. The maximum atomic E-state index is 13.2. The molecule has 1 aromatic heterocycles. The van der Waals surface area contributed by atoms with Crippen LogP contribution in [0.5, 0.6) is 0 Å². The molecule has 2 amide bonds. The highest BCUT2D eigenvalue weighted by atomic mass is 35.5. The van der Waals surface area contributed by atoms with Crippen molar-refractivity contribution < 1.29 is 9.18 Å². The highest BCUT2D eigenvalue weighted by Gasteiger charge is 2.31. The van der Waals surface area contributed by atoms with Crippen LogP contribution in [-0.2, 0) is 6.42 Å². The van der Waals surface area contributed by atoms with Gasteiger partial charge in [-0.3, -0.25) is 0 Å². The summed E-state index contributed by atoms with van der Waals surface area (Å²) in [4.78, 5) is 26.2. The minimum atomic E-state index is -0.289. The third-order valence-corrected chi connectivity index (χ3v) is 6.99. The van der Waals surface area contributed by atoms with Gasteiger partial charge in [0.05, 0.1) is 11.7 Å². The number of hydrogen-bond acceptors (Lipinski definition) is 4. The minimum Gasteiger partial charge on any atom is -0.352 e. The van der Waals surface area contributed by atoms with Crippen LogP contribution >= 0.6 is 11.6 Å². The molecule has 2 aliphatic rings. The van der Waals surface area contributed by atoms with Crippen molar-refractivity contribution in [3.05, 3.63) is 88.1 Å². The molecule has 5 rings (SSSR count). The van der Waals surface area contributed by atoms with Crippen molar-refractivity contribution in [1.82, 2.24) is 20.2 Å². The number of nitrogens with zero attached hydrogens (tertiary/aromatic N) is 4. The molecule has 6 nitrogen and oxygen atoms in total. The van der Waals surface area contributed by atoms with Crippen LogP contribution in [0.4, 0.5) is 15.0 Å². The molecular weight excluding hydrogens is 465 g/mol. The van der Waals surface area contributed by atoms with Gasteiger partial charge in [-0.15, -0.1) is 0 Å². The van der Waals surface area contributed by atoms with Crippen LogP contribution in [0.15, 0.2) is 54.9 Å². The Labute approximate surface area is 209 Å². The number of urea groups is 1. The molecular formula is C27H27ClFN5O.